The molecule has 0 bridgehead atoms. The zero-order valence-corrected chi connectivity index (χ0v) is 11.4. The maximum absolute atomic E-state index is 12.0. The van der Waals surface area contributed by atoms with E-state index in [2.05, 4.69) is 5.32 Å². The molecule has 0 fully saturated rings. The number of anilines is 2. The van der Waals surface area contributed by atoms with E-state index in [4.69, 9.17) is 22.1 Å². The summed E-state index contributed by atoms with van der Waals surface area (Å²) >= 11 is 5.87. The number of phenols is 1. The molecule has 0 spiro atoms. The molecule has 4 N–H and O–H groups in total. The first-order valence-corrected chi connectivity index (χ1v) is 6.12. The summed E-state index contributed by atoms with van der Waals surface area (Å²) in [5, 5.41) is 12.8. The standard InChI is InChI=1S/C14H13ClN2O3/c1-20-9-3-4-10(13(18)7-9)14(19)17-8-2-5-12(16)11(15)6-8/h2-7,18H,16H2,1H3,(H,17,19). The van der Waals surface area contributed by atoms with E-state index >= 15 is 0 Å². The van der Waals surface area contributed by atoms with Crippen LogP contribution in [0.15, 0.2) is 36.4 Å². The van der Waals surface area contributed by atoms with Crippen molar-refractivity contribution in [1.82, 2.24) is 0 Å². The number of rotatable bonds is 3. The summed E-state index contributed by atoms with van der Waals surface area (Å²) in [7, 11) is 1.48. The first-order valence-electron chi connectivity index (χ1n) is 5.74. The van der Waals surface area contributed by atoms with E-state index in [0.29, 0.717) is 22.1 Å². The van der Waals surface area contributed by atoms with Gasteiger partial charge >= 0.3 is 0 Å². The van der Waals surface area contributed by atoms with Crippen molar-refractivity contribution in [2.24, 2.45) is 0 Å². The van der Waals surface area contributed by atoms with Crippen molar-refractivity contribution in [3.05, 3.63) is 47.0 Å². The van der Waals surface area contributed by atoms with Crippen LogP contribution in [0.5, 0.6) is 11.5 Å². The summed E-state index contributed by atoms with van der Waals surface area (Å²) in [6, 6.07) is 9.18. The molecule has 5 nitrogen and oxygen atoms in total. The first kappa shape index (κ1) is 14.0. The van der Waals surface area contributed by atoms with E-state index in [1.807, 2.05) is 0 Å². The number of ether oxygens (including phenoxy) is 1. The Morgan fingerprint density at radius 3 is 2.65 bits per heavy atom. The Kier molecular flexibility index (Phi) is 4.00. The summed E-state index contributed by atoms with van der Waals surface area (Å²) in [6.07, 6.45) is 0. The van der Waals surface area contributed by atoms with Gasteiger partial charge in [-0.05, 0) is 30.3 Å². The number of nitrogen functional groups attached to an aromatic ring is 1. The number of phenolic OH excluding ortho intramolecular Hbond substituents is 1. The van der Waals surface area contributed by atoms with Crippen LogP contribution in [0.1, 0.15) is 10.4 Å². The van der Waals surface area contributed by atoms with Crippen LogP contribution in [0.25, 0.3) is 0 Å². The molecule has 1 amide bonds. The minimum atomic E-state index is -0.453. The van der Waals surface area contributed by atoms with Gasteiger partial charge in [0.2, 0.25) is 0 Å². The number of methoxy groups -OCH3 is 1. The number of nitrogens with two attached hydrogens (primary N) is 1. The topological polar surface area (TPSA) is 84.6 Å². The number of halogens is 1. The van der Waals surface area contributed by atoms with Gasteiger partial charge in [-0.2, -0.15) is 0 Å². The van der Waals surface area contributed by atoms with Crippen LogP contribution in [-0.4, -0.2) is 18.1 Å². The van der Waals surface area contributed by atoms with Gasteiger partial charge in [0.1, 0.15) is 11.5 Å². The number of amides is 1. The lowest BCUT2D eigenvalue weighted by Crippen LogP contribution is -2.12. The van der Waals surface area contributed by atoms with E-state index in [1.54, 1.807) is 18.2 Å². The molecule has 104 valence electrons. The molecular weight excluding hydrogens is 280 g/mol. The van der Waals surface area contributed by atoms with Gasteiger partial charge in [0.25, 0.3) is 5.91 Å². The summed E-state index contributed by atoms with van der Waals surface area (Å²) < 4.78 is 4.95. The van der Waals surface area contributed by atoms with Crippen molar-refractivity contribution in [1.29, 1.82) is 0 Å². The summed E-state index contributed by atoms with van der Waals surface area (Å²) in [6.45, 7) is 0. The Bertz CT molecular complexity index is 659. The lowest BCUT2D eigenvalue weighted by Gasteiger charge is -2.09. The predicted molar refractivity (Wildman–Crippen MR) is 78.5 cm³/mol. The van der Waals surface area contributed by atoms with Gasteiger partial charge in [-0.25, -0.2) is 0 Å². The molecule has 0 aliphatic carbocycles. The van der Waals surface area contributed by atoms with Crippen molar-refractivity contribution >= 4 is 28.9 Å². The molecule has 20 heavy (non-hydrogen) atoms. The van der Waals surface area contributed by atoms with Crippen LogP contribution in [-0.2, 0) is 0 Å². The minimum Gasteiger partial charge on any atom is -0.507 e. The maximum Gasteiger partial charge on any atom is 0.259 e. The van der Waals surface area contributed by atoms with Crippen LogP contribution in [0.3, 0.4) is 0 Å². The number of hydrogen-bond donors (Lipinski definition) is 3. The largest absolute Gasteiger partial charge is 0.507 e. The highest BCUT2D eigenvalue weighted by atomic mass is 35.5. The van der Waals surface area contributed by atoms with E-state index in [1.165, 1.54) is 25.3 Å². The Morgan fingerprint density at radius 2 is 2.05 bits per heavy atom. The normalized spacial score (nSPS) is 10.1. The van der Waals surface area contributed by atoms with Crippen molar-refractivity contribution in [2.75, 3.05) is 18.2 Å². The molecule has 2 aromatic carbocycles. The summed E-state index contributed by atoms with van der Waals surface area (Å²) in [5.41, 5.74) is 6.64. The highest BCUT2D eigenvalue weighted by Gasteiger charge is 2.12. The highest BCUT2D eigenvalue weighted by Crippen LogP contribution is 2.26. The average Bonchev–Trinajstić information content (AvgIpc) is 2.42. The van der Waals surface area contributed by atoms with Gasteiger partial charge in [-0.15, -0.1) is 0 Å². The molecule has 0 aliphatic heterocycles. The van der Waals surface area contributed by atoms with E-state index < -0.39 is 5.91 Å². The molecule has 0 heterocycles. The lowest BCUT2D eigenvalue weighted by atomic mass is 10.1. The van der Waals surface area contributed by atoms with E-state index in [-0.39, 0.29) is 11.3 Å². The van der Waals surface area contributed by atoms with Crippen LogP contribution in [0.2, 0.25) is 5.02 Å². The quantitative estimate of drug-likeness (QED) is 0.759. The first-order chi connectivity index (χ1) is 9.51. The number of hydrogen-bond acceptors (Lipinski definition) is 4. The number of nitrogens with one attached hydrogen (secondary N) is 1. The SMILES string of the molecule is COc1ccc(C(=O)Nc2ccc(N)c(Cl)c2)c(O)c1. The lowest BCUT2D eigenvalue weighted by molar-refractivity contribution is 0.102. The fourth-order valence-electron chi connectivity index (χ4n) is 1.63. The predicted octanol–water partition coefficient (Wildman–Crippen LogP) is 2.89. The van der Waals surface area contributed by atoms with E-state index in [0.717, 1.165) is 0 Å². The molecule has 2 aromatic rings. The fraction of sp³-hybridized carbons (Fsp3) is 0.0714. The van der Waals surface area contributed by atoms with E-state index in [9.17, 15) is 9.90 Å². The zero-order valence-electron chi connectivity index (χ0n) is 10.7. The molecule has 6 heteroatoms. The van der Waals surface area contributed by atoms with Crippen LogP contribution in [0, 0.1) is 0 Å². The monoisotopic (exact) mass is 292 g/mol. The molecule has 0 saturated heterocycles. The summed E-state index contributed by atoms with van der Waals surface area (Å²) in [5.74, 6) is -0.149. The maximum atomic E-state index is 12.0. The molecule has 0 radical (unpaired) electrons. The van der Waals surface area contributed by atoms with Crippen LogP contribution >= 0.6 is 11.6 Å². The zero-order chi connectivity index (χ0) is 14.7. The van der Waals surface area contributed by atoms with Crippen molar-refractivity contribution in [3.8, 4) is 11.5 Å². The fourth-order valence-corrected chi connectivity index (χ4v) is 1.81. The van der Waals surface area contributed by atoms with Gasteiger partial charge in [0, 0.05) is 11.8 Å². The van der Waals surface area contributed by atoms with Crippen molar-refractivity contribution in [3.63, 3.8) is 0 Å². The second-order valence-electron chi connectivity index (χ2n) is 4.07. The van der Waals surface area contributed by atoms with Gasteiger partial charge < -0.3 is 20.9 Å². The third-order valence-electron chi connectivity index (χ3n) is 2.71. The van der Waals surface area contributed by atoms with Crippen LogP contribution in [0.4, 0.5) is 11.4 Å². The molecule has 0 aliphatic rings. The number of aromatic hydroxyl groups is 1. The van der Waals surface area contributed by atoms with Gasteiger partial charge in [0.15, 0.2) is 0 Å². The minimum absolute atomic E-state index is 0.138. The Balaban J connectivity index is 2.21. The second-order valence-corrected chi connectivity index (χ2v) is 4.48. The second kappa shape index (κ2) is 5.71. The third kappa shape index (κ3) is 2.95. The van der Waals surface area contributed by atoms with Gasteiger partial charge in [-0.3, -0.25) is 4.79 Å². The smallest absolute Gasteiger partial charge is 0.259 e. The molecule has 2 rings (SSSR count). The molecule has 0 saturated carbocycles. The number of benzene rings is 2. The molecular formula is C14H13ClN2O3. The molecule has 0 atom stereocenters. The van der Waals surface area contributed by atoms with Crippen molar-refractivity contribution < 1.29 is 14.6 Å². The Hall–Kier alpha value is -2.40. The Morgan fingerprint density at radius 1 is 1.30 bits per heavy atom. The molecule has 0 aromatic heterocycles. The van der Waals surface area contributed by atoms with Gasteiger partial charge in [-0.1, -0.05) is 11.6 Å². The van der Waals surface area contributed by atoms with Gasteiger partial charge in [0.05, 0.1) is 23.4 Å². The number of carbonyl (C=O) groups excluding carboxylic acids is 1. The van der Waals surface area contributed by atoms with Crippen molar-refractivity contribution in [2.45, 2.75) is 0 Å². The highest BCUT2D eigenvalue weighted by molar-refractivity contribution is 6.33. The third-order valence-corrected chi connectivity index (χ3v) is 3.04. The summed E-state index contributed by atoms with van der Waals surface area (Å²) in [4.78, 5) is 12.0. The number of carbonyl (C=O) groups is 1. The average molecular weight is 293 g/mol. The van der Waals surface area contributed by atoms with Crippen LogP contribution < -0.4 is 15.8 Å². The molecule has 0 unspecified atom stereocenters. The Labute approximate surface area is 120 Å².